The zero-order chi connectivity index (χ0) is 19.1. The van der Waals surface area contributed by atoms with E-state index in [0.717, 1.165) is 22.3 Å². The lowest BCUT2D eigenvalue weighted by Crippen LogP contribution is -2.04. The molecule has 0 unspecified atom stereocenters. The van der Waals surface area contributed by atoms with Crippen LogP contribution in [0.3, 0.4) is 0 Å². The van der Waals surface area contributed by atoms with E-state index in [1.165, 1.54) is 0 Å². The third-order valence-corrected chi connectivity index (χ3v) is 4.02. The summed E-state index contributed by atoms with van der Waals surface area (Å²) in [6.45, 7) is 3.99. The van der Waals surface area contributed by atoms with Crippen LogP contribution in [0.1, 0.15) is 32.6 Å². The van der Waals surface area contributed by atoms with Crippen LogP contribution in [-0.2, 0) is 4.74 Å². The molecule has 0 saturated carbocycles. The van der Waals surface area contributed by atoms with Gasteiger partial charge in [-0.1, -0.05) is 77.6 Å². The largest absolute Gasteiger partial charge is 0.422 e. The fourth-order valence-electron chi connectivity index (χ4n) is 2.44. The first-order chi connectivity index (χ1) is 13.1. The molecule has 3 aromatic rings. The van der Waals surface area contributed by atoms with Crippen molar-refractivity contribution in [1.29, 1.82) is 0 Å². The summed E-state index contributed by atoms with van der Waals surface area (Å²) in [6.07, 6.45) is 1.64. The van der Waals surface area contributed by atoms with Gasteiger partial charge in [-0.2, -0.15) is 0 Å². The number of rotatable bonds is 3. The second-order valence-electron chi connectivity index (χ2n) is 6.27. The molecule has 0 aromatic heterocycles. The molecule has 132 valence electrons. The van der Waals surface area contributed by atoms with E-state index in [0.29, 0.717) is 11.3 Å². The second-order valence-corrected chi connectivity index (χ2v) is 6.27. The summed E-state index contributed by atoms with van der Waals surface area (Å²) in [6, 6.07) is 24.8. The summed E-state index contributed by atoms with van der Waals surface area (Å²) in [4.78, 5) is 12.5. The molecule has 0 N–H and O–H groups in total. The Bertz CT molecular complexity index is 1000. The van der Waals surface area contributed by atoms with Crippen molar-refractivity contribution in [3.05, 3.63) is 113 Å². The number of carbonyl (C=O) groups is 1. The number of aryl methyl sites for hydroxylation is 2. The third-order valence-electron chi connectivity index (χ3n) is 4.02. The van der Waals surface area contributed by atoms with Gasteiger partial charge in [-0.15, -0.1) is 0 Å². The number of carbonyl (C=O) groups excluding carboxylic acids is 1. The van der Waals surface area contributed by atoms with E-state index in [1.54, 1.807) is 18.2 Å². The van der Waals surface area contributed by atoms with Crippen molar-refractivity contribution in [3.8, 4) is 11.8 Å². The van der Waals surface area contributed by atoms with Gasteiger partial charge in [0.15, 0.2) is 0 Å². The lowest BCUT2D eigenvalue weighted by atomic mass is 10.1. The molecular formula is C25H20O2. The van der Waals surface area contributed by atoms with Gasteiger partial charge in [0.1, 0.15) is 5.76 Å². The molecule has 2 nitrogen and oxygen atoms in total. The molecule has 0 saturated heterocycles. The number of allylic oxidation sites excluding steroid dienone is 1. The van der Waals surface area contributed by atoms with Crippen LogP contribution in [0.5, 0.6) is 0 Å². The smallest absolute Gasteiger partial charge is 0.343 e. The Morgan fingerprint density at radius 1 is 0.778 bits per heavy atom. The molecule has 27 heavy (non-hydrogen) atoms. The molecule has 0 aliphatic heterocycles. The van der Waals surface area contributed by atoms with Gasteiger partial charge < -0.3 is 4.74 Å². The SMILES string of the molecule is Cc1ccc(C(=O)O/C(=C\C#Cc2ccccc2)c2ccc(C)cc2)cc1. The Labute approximate surface area is 160 Å². The number of ether oxygens (including phenoxy) is 1. The zero-order valence-electron chi connectivity index (χ0n) is 15.4. The molecule has 0 radical (unpaired) electrons. The predicted molar refractivity (Wildman–Crippen MR) is 109 cm³/mol. The monoisotopic (exact) mass is 352 g/mol. The maximum absolute atomic E-state index is 12.5. The fourth-order valence-corrected chi connectivity index (χ4v) is 2.44. The van der Waals surface area contributed by atoms with E-state index in [4.69, 9.17) is 4.74 Å². The first-order valence-electron chi connectivity index (χ1n) is 8.74. The first kappa shape index (κ1) is 18.2. The van der Waals surface area contributed by atoms with Crippen molar-refractivity contribution in [2.24, 2.45) is 0 Å². The Hall–Kier alpha value is -3.57. The minimum atomic E-state index is -0.400. The van der Waals surface area contributed by atoms with Gasteiger partial charge >= 0.3 is 5.97 Å². The van der Waals surface area contributed by atoms with Crippen LogP contribution in [0.15, 0.2) is 84.9 Å². The Kier molecular flexibility index (Phi) is 5.87. The summed E-state index contributed by atoms with van der Waals surface area (Å²) < 4.78 is 5.66. The topological polar surface area (TPSA) is 26.3 Å². The lowest BCUT2D eigenvalue weighted by Gasteiger charge is -2.09. The molecule has 0 amide bonds. The van der Waals surface area contributed by atoms with Crippen LogP contribution in [-0.4, -0.2) is 5.97 Å². The molecule has 0 heterocycles. The van der Waals surface area contributed by atoms with Crippen molar-refractivity contribution in [2.45, 2.75) is 13.8 Å². The molecule has 0 aliphatic carbocycles. The molecule has 2 heteroatoms. The minimum Gasteiger partial charge on any atom is -0.422 e. The maximum Gasteiger partial charge on any atom is 0.343 e. The van der Waals surface area contributed by atoms with Crippen molar-refractivity contribution in [3.63, 3.8) is 0 Å². The fraction of sp³-hybridized carbons (Fsp3) is 0.0800. The van der Waals surface area contributed by atoms with Crippen LogP contribution >= 0.6 is 0 Å². The van der Waals surface area contributed by atoms with Gasteiger partial charge in [-0.3, -0.25) is 0 Å². The molecule has 0 fully saturated rings. The third kappa shape index (κ3) is 5.20. The highest BCUT2D eigenvalue weighted by molar-refractivity contribution is 5.93. The van der Waals surface area contributed by atoms with E-state index in [9.17, 15) is 4.79 Å². The first-order valence-corrected chi connectivity index (χ1v) is 8.74. The number of hydrogen-bond acceptors (Lipinski definition) is 2. The van der Waals surface area contributed by atoms with Crippen molar-refractivity contribution in [2.75, 3.05) is 0 Å². The van der Waals surface area contributed by atoms with Crippen LogP contribution in [0, 0.1) is 25.7 Å². The Balaban J connectivity index is 1.89. The summed E-state index contributed by atoms with van der Waals surface area (Å²) in [5, 5.41) is 0. The molecular weight excluding hydrogens is 332 g/mol. The average molecular weight is 352 g/mol. The van der Waals surface area contributed by atoms with Crippen LogP contribution < -0.4 is 0 Å². The van der Waals surface area contributed by atoms with Gasteiger partial charge in [0.25, 0.3) is 0 Å². The summed E-state index contributed by atoms with van der Waals surface area (Å²) >= 11 is 0. The van der Waals surface area contributed by atoms with Crippen LogP contribution in [0.25, 0.3) is 5.76 Å². The Morgan fingerprint density at radius 3 is 1.93 bits per heavy atom. The summed E-state index contributed by atoms with van der Waals surface area (Å²) in [7, 11) is 0. The second kappa shape index (κ2) is 8.69. The van der Waals surface area contributed by atoms with E-state index in [2.05, 4.69) is 11.8 Å². The van der Waals surface area contributed by atoms with Gasteiger partial charge in [-0.05, 0) is 38.1 Å². The number of hydrogen-bond donors (Lipinski definition) is 0. The van der Waals surface area contributed by atoms with Crippen LogP contribution in [0.4, 0.5) is 0 Å². The van der Waals surface area contributed by atoms with E-state index in [1.807, 2.05) is 80.6 Å². The average Bonchev–Trinajstić information content (AvgIpc) is 2.69. The molecule has 0 aliphatic rings. The highest BCUT2D eigenvalue weighted by Crippen LogP contribution is 2.19. The van der Waals surface area contributed by atoms with E-state index >= 15 is 0 Å². The molecule has 0 atom stereocenters. The van der Waals surface area contributed by atoms with Gasteiger partial charge in [0.05, 0.1) is 5.56 Å². The maximum atomic E-state index is 12.5. The van der Waals surface area contributed by atoms with Gasteiger partial charge in [0.2, 0.25) is 0 Å². The lowest BCUT2D eigenvalue weighted by molar-refractivity contribution is 0.0692. The zero-order valence-corrected chi connectivity index (χ0v) is 15.4. The Morgan fingerprint density at radius 2 is 1.33 bits per heavy atom. The molecule has 3 aromatic carbocycles. The van der Waals surface area contributed by atoms with E-state index < -0.39 is 5.97 Å². The summed E-state index contributed by atoms with van der Waals surface area (Å²) in [5.41, 5.74) is 4.45. The molecule has 3 rings (SSSR count). The molecule has 0 spiro atoms. The van der Waals surface area contributed by atoms with Crippen molar-refractivity contribution < 1.29 is 9.53 Å². The quantitative estimate of drug-likeness (QED) is 0.351. The standard InChI is InChI=1S/C25H20O2/c1-19-11-15-22(16-12-19)24(10-6-9-21-7-4-3-5-8-21)27-25(26)23-17-13-20(2)14-18-23/h3-5,7-8,10-18H,1-2H3/b24-10-. The number of benzene rings is 3. The van der Waals surface area contributed by atoms with Gasteiger partial charge in [0, 0.05) is 17.2 Å². The highest BCUT2D eigenvalue weighted by Gasteiger charge is 2.11. The van der Waals surface area contributed by atoms with Crippen molar-refractivity contribution >= 4 is 11.7 Å². The summed E-state index contributed by atoms with van der Waals surface area (Å²) in [5.74, 6) is 6.09. The van der Waals surface area contributed by atoms with Crippen LogP contribution in [0.2, 0.25) is 0 Å². The highest BCUT2D eigenvalue weighted by atomic mass is 16.5. The van der Waals surface area contributed by atoms with Crippen molar-refractivity contribution in [1.82, 2.24) is 0 Å². The van der Waals surface area contributed by atoms with Gasteiger partial charge in [-0.25, -0.2) is 4.79 Å². The minimum absolute atomic E-state index is 0.400. The normalized spacial score (nSPS) is 10.7. The molecule has 0 bridgehead atoms. The number of esters is 1. The predicted octanol–water partition coefficient (Wildman–Crippen LogP) is 5.55. The van der Waals surface area contributed by atoms with E-state index in [-0.39, 0.29) is 0 Å².